The largest absolute Gasteiger partial charge is 0.438 e. The SMILES string of the molecule is Cc1csc(-c2nnc(Nc3ccc(Oc4ncccc4-c4ccnc(NCCCN5CCN(C(=O)CCC[Si](C)(C)O)CC5)n4)cc3)c3ccccc23)c1. The molecule has 0 aliphatic carbocycles. The molecule has 14 heteroatoms. The standard InChI is InChI=1S/C41H47N9O3SSi/c1-29-27-36(54-28-29)38-32-9-4-5-10-33(32)39(48-47-38)45-30-13-15-31(16-14-30)53-40-34(11-6-18-42-40)35-17-20-44-41(46-35)43-19-8-21-49-22-24-50(25-23-49)37(51)12-7-26-55(2,3)52/h4-6,9-11,13-18,20,27-28,52H,7-8,12,19,21-26H2,1-3H3,(H,45,48)(H,43,44,46). The molecule has 0 saturated carbocycles. The lowest BCUT2D eigenvalue weighted by molar-refractivity contribution is -0.133. The van der Waals surface area contributed by atoms with E-state index in [1.807, 2.05) is 72.6 Å². The zero-order chi connectivity index (χ0) is 38.2. The van der Waals surface area contributed by atoms with Gasteiger partial charge in [0.05, 0.1) is 16.1 Å². The van der Waals surface area contributed by atoms with Crippen molar-refractivity contribution in [1.82, 2.24) is 34.9 Å². The number of carbonyl (C=O) groups excluding carboxylic acids is 1. The highest BCUT2D eigenvalue weighted by atomic mass is 32.1. The Balaban J connectivity index is 0.916. The van der Waals surface area contributed by atoms with Crippen molar-refractivity contribution in [2.24, 2.45) is 0 Å². The van der Waals surface area contributed by atoms with E-state index in [0.717, 1.165) is 90.7 Å². The lowest BCUT2D eigenvalue weighted by Crippen LogP contribution is -2.49. The molecule has 6 aromatic rings. The van der Waals surface area contributed by atoms with Gasteiger partial charge in [-0.1, -0.05) is 24.3 Å². The number of aryl methyl sites for hydroxylation is 1. The van der Waals surface area contributed by atoms with Gasteiger partial charge in [0.2, 0.25) is 17.7 Å². The number of hydrogen-bond acceptors (Lipinski definition) is 12. The topological polar surface area (TPSA) is 142 Å². The van der Waals surface area contributed by atoms with Gasteiger partial charge in [0, 0.05) is 68.0 Å². The first-order chi connectivity index (χ1) is 26.7. The van der Waals surface area contributed by atoms with Crippen molar-refractivity contribution in [1.29, 1.82) is 0 Å². The molecule has 4 aromatic heterocycles. The van der Waals surface area contributed by atoms with Crippen molar-refractivity contribution < 1.29 is 14.3 Å². The van der Waals surface area contributed by atoms with Crippen LogP contribution in [0.2, 0.25) is 19.1 Å². The number of hydrogen-bond donors (Lipinski definition) is 3. The quantitative estimate of drug-likeness (QED) is 0.0691. The summed E-state index contributed by atoms with van der Waals surface area (Å²) in [6.07, 6.45) is 5.66. The molecule has 1 fully saturated rings. The van der Waals surface area contributed by atoms with Crippen molar-refractivity contribution >= 4 is 53.8 Å². The third kappa shape index (κ3) is 10.1. The molecule has 0 unspecified atom stereocenters. The third-order valence-corrected chi connectivity index (χ3v) is 12.2. The molecular formula is C41H47N9O3SSi. The van der Waals surface area contributed by atoms with Crippen LogP contribution in [0.5, 0.6) is 11.6 Å². The maximum absolute atomic E-state index is 12.6. The number of anilines is 3. The fraction of sp³-hybridized carbons (Fsp3) is 0.317. The molecule has 284 valence electrons. The smallest absolute Gasteiger partial charge is 0.228 e. The lowest BCUT2D eigenvalue weighted by atomic mass is 10.1. The van der Waals surface area contributed by atoms with E-state index in [9.17, 15) is 9.59 Å². The van der Waals surface area contributed by atoms with Gasteiger partial charge in [-0.3, -0.25) is 9.69 Å². The second-order valence-electron chi connectivity index (χ2n) is 14.5. The molecule has 1 aliphatic heterocycles. The van der Waals surface area contributed by atoms with Gasteiger partial charge in [-0.2, -0.15) is 0 Å². The van der Waals surface area contributed by atoms with Crippen molar-refractivity contribution in [3.8, 4) is 33.5 Å². The minimum absolute atomic E-state index is 0.205. The number of ether oxygens (including phenoxy) is 1. The Hall–Kier alpha value is -5.28. The summed E-state index contributed by atoms with van der Waals surface area (Å²) in [6.45, 7) is 10.8. The molecular weight excluding hydrogens is 727 g/mol. The number of fused-ring (bicyclic) bond motifs is 1. The van der Waals surface area contributed by atoms with Crippen LogP contribution in [0.3, 0.4) is 0 Å². The number of rotatable bonds is 15. The van der Waals surface area contributed by atoms with Gasteiger partial charge >= 0.3 is 0 Å². The van der Waals surface area contributed by atoms with Crippen LogP contribution in [-0.4, -0.2) is 93.2 Å². The maximum atomic E-state index is 12.6. The fourth-order valence-electron chi connectivity index (χ4n) is 6.60. The maximum Gasteiger partial charge on any atom is 0.228 e. The van der Waals surface area contributed by atoms with E-state index in [0.29, 0.717) is 35.5 Å². The number of carbonyl (C=O) groups is 1. The first-order valence-corrected chi connectivity index (χ1v) is 22.8. The second kappa shape index (κ2) is 17.5. The summed E-state index contributed by atoms with van der Waals surface area (Å²) in [4.78, 5) is 41.9. The summed E-state index contributed by atoms with van der Waals surface area (Å²) in [5.41, 5.74) is 4.41. The van der Waals surface area contributed by atoms with E-state index in [2.05, 4.69) is 66.2 Å². The van der Waals surface area contributed by atoms with E-state index < -0.39 is 8.32 Å². The number of thiophene rings is 1. The molecule has 55 heavy (non-hydrogen) atoms. The van der Waals surface area contributed by atoms with Gasteiger partial charge in [-0.15, -0.1) is 21.5 Å². The molecule has 3 N–H and O–H groups in total. The Morgan fingerprint density at radius 3 is 2.49 bits per heavy atom. The summed E-state index contributed by atoms with van der Waals surface area (Å²) in [5, 5.41) is 20.1. The average molecular weight is 774 g/mol. The Morgan fingerprint density at radius 2 is 1.73 bits per heavy atom. The van der Waals surface area contributed by atoms with Crippen LogP contribution in [0.25, 0.3) is 32.6 Å². The molecule has 1 aliphatic rings. The highest BCUT2D eigenvalue weighted by molar-refractivity contribution is 7.13. The molecule has 0 atom stereocenters. The highest BCUT2D eigenvalue weighted by Gasteiger charge is 2.22. The first-order valence-electron chi connectivity index (χ1n) is 18.8. The van der Waals surface area contributed by atoms with E-state index in [4.69, 9.17) is 9.72 Å². The van der Waals surface area contributed by atoms with Crippen LogP contribution in [0.4, 0.5) is 17.5 Å². The van der Waals surface area contributed by atoms with E-state index in [1.165, 1.54) is 5.56 Å². The van der Waals surface area contributed by atoms with Gasteiger partial charge in [0.25, 0.3) is 0 Å². The van der Waals surface area contributed by atoms with Gasteiger partial charge < -0.3 is 25.1 Å². The molecule has 0 spiro atoms. The van der Waals surface area contributed by atoms with Crippen LogP contribution >= 0.6 is 11.3 Å². The minimum Gasteiger partial charge on any atom is -0.438 e. The van der Waals surface area contributed by atoms with Crippen molar-refractivity contribution in [2.45, 2.75) is 45.3 Å². The van der Waals surface area contributed by atoms with Crippen molar-refractivity contribution in [3.63, 3.8) is 0 Å². The molecule has 7 rings (SSSR count). The molecule has 2 aromatic carbocycles. The lowest BCUT2D eigenvalue weighted by Gasteiger charge is -2.35. The highest BCUT2D eigenvalue weighted by Crippen LogP contribution is 2.35. The Bertz CT molecular complexity index is 2220. The normalized spacial score (nSPS) is 13.6. The number of pyridine rings is 1. The van der Waals surface area contributed by atoms with Crippen LogP contribution < -0.4 is 15.4 Å². The predicted octanol–water partition coefficient (Wildman–Crippen LogP) is 7.98. The Kier molecular flexibility index (Phi) is 12.1. The van der Waals surface area contributed by atoms with E-state index in [-0.39, 0.29) is 5.91 Å². The molecule has 1 amide bonds. The monoisotopic (exact) mass is 773 g/mol. The predicted molar refractivity (Wildman–Crippen MR) is 223 cm³/mol. The molecule has 0 radical (unpaired) electrons. The molecule has 5 heterocycles. The van der Waals surface area contributed by atoms with E-state index in [1.54, 1.807) is 23.7 Å². The van der Waals surface area contributed by atoms with Crippen molar-refractivity contribution in [3.05, 3.63) is 96.1 Å². The minimum atomic E-state index is -2.10. The summed E-state index contributed by atoms with van der Waals surface area (Å²) >= 11 is 1.67. The number of aromatic nitrogens is 5. The van der Waals surface area contributed by atoms with Crippen LogP contribution in [-0.2, 0) is 4.79 Å². The van der Waals surface area contributed by atoms with Gasteiger partial charge in [0.1, 0.15) is 11.4 Å². The number of amides is 1. The second-order valence-corrected chi connectivity index (χ2v) is 19.5. The molecule has 1 saturated heterocycles. The summed E-state index contributed by atoms with van der Waals surface area (Å²) in [7, 11) is -2.10. The zero-order valence-corrected chi connectivity index (χ0v) is 33.4. The number of nitrogens with zero attached hydrogens (tertiary/aromatic N) is 7. The Morgan fingerprint density at radius 1 is 0.927 bits per heavy atom. The van der Waals surface area contributed by atoms with Gasteiger partial charge in [-0.05, 0) is 105 Å². The third-order valence-electron chi connectivity index (χ3n) is 9.52. The average Bonchev–Trinajstić information content (AvgIpc) is 3.63. The molecule has 12 nitrogen and oxygen atoms in total. The summed E-state index contributed by atoms with van der Waals surface area (Å²) in [5.74, 6) is 2.51. The van der Waals surface area contributed by atoms with Crippen LogP contribution in [0, 0.1) is 6.92 Å². The first kappa shape index (κ1) is 38.0. The summed E-state index contributed by atoms with van der Waals surface area (Å²) in [6, 6.07) is 24.4. The fourth-order valence-corrected chi connectivity index (χ4v) is 8.54. The molecule has 0 bridgehead atoms. The van der Waals surface area contributed by atoms with E-state index >= 15 is 0 Å². The number of benzene rings is 2. The number of nitrogens with one attached hydrogen (secondary N) is 2. The summed E-state index contributed by atoms with van der Waals surface area (Å²) < 4.78 is 6.28. The Labute approximate surface area is 326 Å². The number of piperazine rings is 1. The van der Waals surface area contributed by atoms with Crippen LogP contribution in [0.1, 0.15) is 24.8 Å². The van der Waals surface area contributed by atoms with Gasteiger partial charge in [-0.25, -0.2) is 15.0 Å². The van der Waals surface area contributed by atoms with Gasteiger partial charge in [0.15, 0.2) is 14.1 Å². The zero-order valence-electron chi connectivity index (χ0n) is 31.5. The van der Waals surface area contributed by atoms with Crippen molar-refractivity contribution in [2.75, 3.05) is 49.9 Å². The van der Waals surface area contributed by atoms with Crippen LogP contribution in [0.15, 0.2) is 90.6 Å².